The van der Waals surface area contributed by atoms with Crippen molar-refractivity contribution < 1.29 is 14.3 Å². The van der Waals surface area contributed by atoms with E-state index >= 15 is 0 Å². The highest BCUT2D eigenvalue weighted by Gasteiger charge is 2.04. The molecule has 0 unspecified atom stereocenters. The second-order valence-corrected chi connectivity index (χ2v) is 5.53. The van der Waals surface area contributed by atoms with Gasteiger partial charge in [-0.05, 0) is 55.7 Å². The lowest BCUT2D eigenvalue weighted by atomic mass is 10.1. The van der Waals surface area contributed by atoms with Gasteiger partial charge in [0, 0.05) is 12.2 Å². The Morgan fingerprint density at radius 3 is 2.33 bits per heavy atom. The lowest BCUT2D eigenvalue weighted by molar-refractivity contribution is 0.250. The zero-order chi connectivity index (χ0) is 17.4. The number of carbonyl (C=O) groups excluding carboxylic acids is 1. The fraction of sp³-hybridized carbons (Fsp3) is 0.316. The molecule has 2 aromatic carbocycles. The molecule has 0 heterocycles. The molecule has 0 aliphatic carbocycles. The summed E-state index contributed by atoms with van der Waals surface area (Å²) in [5.74, 6) is 1.68. The van der Waals surface area contributed by atoms with Crippen molar-refractivity contribution in [1.82, 2.24) is 5.32 Å². The van der Waals surface area contributed by atoms with Crippen molar-refractivity contribution in [2.24, 2.45) is 0 Å². The smallest absolute Gasteiger partial charge is 0.319 e. The maximum atomic E-state index is 11.8. The van der Waals surface area contributed by atoms with Crippen molar-refractivity contribution in [1.29, 1.82) is 0 Å². The SMILES string of the molecule is COc1ccc(NC(=O)NCCCOc2c(C)cccc2C)cc1. The Labute approximate surface area is 143 Å². The van der Waals surface area contributed by atoms with Gasteiger partial charge >= 0.3 is 6.03 Å². The van der Waals surface area contributed by atoms with Crippen LogP contribution in [0.1, 0.15) is 17.5 Å². The summed E-state index contributed by atoms with van der Waals surface area (Å²) >= 11 is 0. The highest BCUT2D eigenvalue weighted by molar-refractivity contribution is 5.89. The van der Waals surface area contributed by atoms with E-state index < -0.39 is 0 Å². The number of nitrogens with one attached hydrogen (secondary N) is 2. The lowest BCUT2D eigenvalue weighted by Gasteiger charge is -2.12. The van der Waals surface area contributed by atoms with Crippen LogP contribution in [0.3, 0.4) is 0 Å². The summed E-state index contributed by atoms with van der Waals surface area (Å²) < 4.78 is 10.9. The number of amides is 2. The number of methoxy groups -OCH3 is 1. The maximum absolute atomic E-state index is 11.8. The number of rotatable bonds is 7. The van der Waals surface area contributed by atoms with E-state index in [1.165, 1.54) is 0 Å². The van der Waals surface area contributed by atoms with Crippen LogP contribution >= 0.6 is 0 Å². The first-order chi connectivity index (χ1) is 11.6. The number of benzene rings is 2. The van der Waals surface area contributed by atoms with E-state index in [1.54, 1.807) is 31.4 Å². The standard InChI is InChI=1S/C19H24N2O3/c1-14-6-4-7-15(2)18(14)24-13-5-12-20-19(22)21-16-8-10-17(23-3)11-9-16/h4,6-11H,5,12-13H2,1-3H3,(H2,20,21,22). The number of aryl methyl sites for hydroxylation is 2. The van der Waals surface area contributed by atoms with Crippen molar-refractivity contribution in [3.63, 3.8) is 0 Å². The molecule has 0 aliphatic rings. The van der Waals surface area contributed by atoms with Crippen molar-refractivity contribution in [2.45, 2.75) is 20.3 Å². The number of ether oxygens (including phenoxy) is 2. The van der Waals surface area contributed by atoms with E-state index in [2.05, 4.69) is 10.6 Å². The largest absolute Gasteiger partial charge is 0.497 e. The van der Waals surface area contributed by atoms with Crippen LogP contribution in [-0.4, -0.2) is 26.3 Å². The maximum Gasteiger partial charge on any atom is 0.319 e. The molecule has 2 amide bonds. The zero-order valence-corrected chi connectivity index (χ0v) is 14.4. The van der Waals surface area contributed by atoms with Crippen LogP contribution in [0.5, 0.6) is 11.5 Å². The van der Waals surface area contributed by atoms with Crippen LogP contribution in [0.2, 0.25) is 0 Å². The number of urea groups is 1. The Balaban J connectivity index is 1.67. The van der Waals surface area contributed by atoms with Gasteiger partial charge in [0.25, 0.3) is 0 Å². The molecule has 2 rings (SSSR count). The number of hydrogen-bond acceptors (Lipinski definition) is 3. The van der Waals surface area contributed by atoms with Crippen molar-refractivity contribution >= 4 is 11.7 Å². The van der Waals surface area contributed by atoms with Gasteiger partial charge in [-0.15, -0.1) is 0 Å². The summed E-state index contributed by atoms with van der Waals surface area (Å²) in [7, 11) is 1.61. The first-order valence-electron chi connectivity index (χ1n) is 7.98. The molecule has 0 saturated carbocycles. The summed E-state index contributed by atoms with van der Waals surface area (Å²) in [6.07, 6.45) is 0.740. The van der Waals surface area contributed by atoms with E-state index in [0.29, 0.717) is 13.2 Å². The average Bonchev–Trinajstić information content (AvgIpc) is 2.57. The Hall–Kier alpha value is -2.69. The van der Waals surface area contributed by atoms with Crippen LogP contribution in [-0.2, 0) is 0 Å². The lowest BCUT2D eigenvalue weighted by Crippen LogP contribution is -2.30. The number of anilines is 1. The fourth-order valence-corrected chi connectivity index (χ4v) is 2.32. The molecule has 0 spiro atoms. The van der Waals surface area contributed by atoms with Gasteiger partial charge in [0.1, 0.15) is 11.5 Å². The van der Waals surface area contributed by atoms with Crippen LogP contribution in [0.15, 0.2) is 42.5 Å². The fourth-order valence-electron chi connectivity index (χ4n) is 2.32. The molecule has 0 aromatic heterocycles. The molecule has 2 N–H and O–H groups in total. The molecule has 0 atom stereocenters. The van der Waals surface area contributed by atoms with Gasteiger partial charge in [-0.1, -0.05) is 18.2 Å². The van der Waals surface area contributed by atoms with Gasteiger partial charge in [-0.3, -0.25) is 0 Å². The minimum atomic E-state index is -0.229. The molecule has 5 nitrogen and oxygen atoms in total. The molecule has 24 heavy (non-hydrogen) atoms. The quantitative estimate of drug-likeness (QED) is 0.758. The van der Waals surface area contributed by atoms with Gasteiger partial charge in [-0.2, -0.15) is 0 Å². The van der Waals surface area contributed by atoms with Gasteiger partial charge in [0.2, 0.25) is 0 Å². The molecule has 2 aromatic rings. The van der Waals surface area contributed by atoms with E-state index in [-0.39, 0.29) is 6.03 Å². The van der Waals surface area contributed by atoms with Gasteiger partial charge in [-0.25, -0.2) is 4.79 Å². The molecular formula is C19H24N2O3. The topological polar surface area (TPSA) is 59.6 Å². The van der Waals surface area contributed by atoms with E-state index in [9.17, 15) is 4.79 Å². The van der Waals surface area contributed by atoms with Gasteiger partial charge in [0.15, 0.2) is 0 Å². The van der Waals surface area contributed by atoms with Crippen molar-refractivity contribution in [3.05, 3.63) is 53.6 Å². The second kappa shape index (κ2) is 8.82. The summed E-state index contributed by atoms with van der Waals surface area (Å²) in [6, 6.07) is 13.0. The average molecular weight is 328 g/mol. The third-order valence-corrected chi connectivity index (χ3v) is 3.61. The summed E-state index contributed by atoms with van der Waals surface area (Å²) in [6.45, 7) is 5.17. The molecule has 0 aliphatic heterocycles. The first-order valence-corrected chi connectivity index (χ1v) is 7.98. The third-order valence-electron chi connectivity index (χ3n) is 3.61. The molecule has 0 fully saturated rings. The predicted molar refractivity (Wildman–Crippen MR) is 96.0 cm³/mol. The van der Waals surface area contributed by atoms with E-state index in [4.69, 9.17) is 9.47 Å². The minimum absolute atomic E-state index is 0.229. The molecule has 0 radical (unpaired) electrons. The van der Waals surface area contributed by atoms with Crippen LogP contribution in [0.4, 0.5) is 10.5 Å². The van der Waals surface area contributed by atoms with E-state index in [0.717, 1.165) is 34.7 Å². The van der Waals surface area contributed by atoms with Crippen LogP contribution in [0.25, 0.3) is 0 Å². The Morgan fingerprint density at radius 2 is 1.71 bits per heavy atom. The highest BCUT2D eigenvalue weighted by Crippen LogP contribution is 2.22. The normalized spacial score (nSPS) is 10.1. The van der Waals surface area contributed by atoms with Crippen molar-refractivity contribution in [3.8, 4) is 11.5 Å². The Morgan fingerprint density at radius 1 is 1.04 bits per heavy atom. The van der Waals surface area contributed by atoms with Crippen molar-refractivity contribution in [2.75, 3.05) is 25.6 Å². The predicted octanol–water partition coefficient (Wildman–Crippen LogP) is 3.90. The van der Waals surface area contributed by atoms with Crippen LogP contribution < -0.4 is 20.1 Å². The molecule has 0 saturated heterocycles. The molecule has 5 heteroatoms. The monoisotopic (exact) mass is 328 g/mol. The highest BCUT2D eigenvalue weighted by atomic mass is 16.5. The summed E-state index contributed by atoms with van der Waals surface area (Å²) in [5, 5.41) is 5.59. The Kier molecular flexibility index (Phi) is 6.49. The third kappa shape index (κ3) is 5.19. The van der Waals surface area contributed by atoms with Gasteiger partial charge < -0.3 is 20.1 Å². The van der Waals surface area contributed by atoms with Gasteiger partial charge in [0.05, 0.1) is 13.7 Å². The molecule has 0 bridgehead atoms. The Bertz CT molecular complexity index is 649. The molecule has 128 valence electrons. The minimum Gasteiger partial charge on any atom is -0.497 e. The number of carbonyl (C=O) groups is 1. The first kappa shape index (κ1) is 17.7. The molecular weight excluding hydrogens is 304 g/mol. The summed E-state index contributed by atoms with van der Waals surface area (Å²) in [4.78, 5) is 11.8. The van der Waals surface area contributed by atoms with E-state index in [1.807, 2.05) is 32.0 Å². The summed E-state index contributed by atoms with van der Waals surface area (Å²) in [5.41, 5.74) is 2.97. The second-order valence-electron chi connectivity index (χ2n) is 5.53. The van der Waals surface area contributed by atoms with Crippen LogP contribution in [0, 0.1) is 13.8 Å². The number of hydrogen-bond donors (Lipinski definition) is 2. The number of para-hydroxylation sites is 1. The zero-order valence-electron chi connectivity index (χ0n) is 14.4.